The molecule has 0 atom stereocenters. The lowest BCUT2D eigenvalue weighted by Crippen LogP contribution is -2.01. The van der Waals surface area contributed by atoms with Crippen molar-refractivity contribution < 1.29 is 9.31 Å². The van der Waals surface area contributed by atoms with E-state index in [0.717, 1.165) is 12.1 Å². The maximum Gasteiger partial charge on any atom is 0.276 e. The number of halogens is 2. The maximum atomic E-state index is 13.5. The molecular weight excluding hydrogens is 275 g/mol. The maximum absolute atomic E-state index is 13.5. The van der Waals surface area contributed by atoms with Crippen molar-refractivity contribution in [2.45, 2.75) is 0 Å². The van der Waals surface area contributed by atoms with Gasteiger partial charge in [-0.05, 0) is 18.2 Å². The van der Waals surface area contributed by atoms with Crippen molar-refractivity contribution in [3.8, 4) is 0 Å². The molecule has 0 radical (unpaired) electrons. The standard InChI is InChI=1S/C11H8ClFN4O2/c12-6-1-2-8(13)9(3-6)15-11-5-7(17(18)19)4-10(14)16-11/h1-5H,(H3,14,15,16). The molecule has 8 heteroatoms. The lowest BCUT2D eigenvalue weighted by atomic mass is 10.3. The van der Waals surface area contributed by atoms with Crippen molar-refractivity contribution in [1.29, 1.82) is 0 Å². The van der Waals surface area contributed by atoms with Crippen molar-refractivity contribution in [2.24, 2.45) is 0 Å². The van der Waals surface area contributed by atoms with Gasteiger partial charge >= 0.3 is 0 Å². The first kappa shape index (κ1) is 13.0. The third kappa shape index (κ3) is 3.08. The average molecular weight is 283 g/mol. The largest absolute Gasteiger partial charge is 0.383 e. The number of hydrogen-bond acceptors (Lipinski definition) is 5. The summed E-state index contributed by atoms with van der Waals surface area (Å²) >= 11 is 5.74. The van der Waals surface area contributed by atoms with Gasteiger partial charge in [-0.15, -0.1) is 0 Å². The normalized spacial score (nSPS) is 10.2. The van der Waals surface area contributed by atoms with Crippen molar-refractivity contribution in [1.82, 2.24) is 4.98 Å². The number of aromatic nitrogens is 1. The Labute approximate surface area is 112 Å². The number of hydrogen-bond donors (Lipinski definition) is 2. The number of benzene rings is 1. The summed E-state index contributed by atoms with van der Waals surface area (Å²) in [7, 11) is 0. The summed E-state index contributed by atoms with van der Waals surface area (Å²) in [5.41, 5.74) is 5.26. The number of nitrogens with one attached hydrogen (secondary N) is 1. The minimum Gasteiger partial charge on any atom is -0.383 e. The van der Waals surface area contributed by atoms with Crippen LogP contribution in [-0.4, -0.2) is 9.91 Å². The van der Waals surface area contributed by atoms with Crippen LogP contribution in [-0.2, 0) is 0 Å². The Balaban J connectivity index is 2.38. The molecule has 0 spiro atoms. The molecule has 98 valence electrons. The van der Waals surface area contributed by atoms with E-state index in [-0.39, 0.29) is 23.0 Å². The molecule has 3 N–H and O–H groups in total. The van der Waals surface area contributed by atoms with Gasteiger partial charge in [0, 0.05) is 5.02 Å². The smallest absolute Gasteiger partial charge is 0.276 e. The number of pyridine rings is 1. The van der Waals surface area contributed by atoms with Gasteiger partial charge in [0.1, 0.15) is 17.5 Å². The zero-order chi connectivity index (χ0) is 14.0. The zero-order valence-electron chi connectivity index (χ0n) is 9.43. The van der Waals surface area contributed by atoms with Gasteiger partial charge in [-0.25, -0.2) is 9.37 Å². The molecule has 1 aromatic heterocycles. The summed E-state index contributed by atoms with van der Waals surface area (Å²) in [6.45, 7) is 0. The fourth-order valence-corrected chi connectivity index (χ4v) is 1.61. The van der Waals surface area contributed by atoms with Gasteiger partial charge in [0.05, 0.1) is 22.7 Å². The van der Waals surface area contributed by atoms with Crippen LogP contribution < -0.4 is 11.1 Å². The van der Waals surface area contributed by atoms with E-state index < -0.39 is 10.7 Å². The van der Waals surface area contributed by atoms with Crippen LogP contribution in [0.2, 0.25) is 5.02 Å². The predicted molar refractivity (Wildman–Crippen MR) is 70.0 cm³/mol. The van der Waals surface area contributed by atoms with Crippen molar-refractivity contribution >= 4 is 34.6 Å². The number of nitrogens with zero attached hydrogens (tertiary/aromatic N) is 2. The van der Waals surface area contributed by atoms with E-state index in [1.807, 2.05) is 0 Å². The predicted octanol–water partition coefficient (Wildman–Crippen LogP) is 3.11. The summed E-state index contributed by atoms with van der Waals surface area (Å²) in [6.07, 6.45) is 0. The first-order chi connectivity index (χ1) is 8.95. The summed E-state index contributed by atoms with van der Waals surface area (Å²) in [4.78, 5) is 13.9. The van der Waals surface area contributed by atoms with E-state index in [1.54, 1.807) is 0 Å². The Kier molecular flexibility index (Phi) is 3.48. The molecule has 0 unspecified atom stereocenters. The Hall–Kier alpha value is -2.41. The fourth-order valence-electron chi connectivity index (χ4n) is 1.44. The molecule has 0 fully saturated rings. The molecule has 0 aliphatic rings. The van der Waals surface area contributed by atoms with E-state index in [9.17, 15) is 14.5 Å². The van der Waals surface area contributed by atoms with Gasteiger partial charge in [0.25, 0.3) is 5.69 Å². The van der Waals surface area contributed by atoms with E-state index >= 15 is 0 Å². The highest BCUT2D eigenvalue weighted by Crippen LogP contribution is 2.25. The molecule has 19 heavy (non-hydrogen) atoms. The first-order valence-electron chi connectivity index (χ1n) is 5.10. The SMILES string of the molecule is Nc1cc([N+](=O)[O-])cc(Nc2cc(Cl)ccc2F)n1. The molecular formula is C11H8ClFN4O2. The lowest BCUT2D eigenvalue weighted by Gasteiger charge is -2.07. The fraction of sp³-hybridized carbons (Fsp3) is 0. The van der Waals surface area contributed by atoms with Gasteiger partial charge in [-0.2, -0.15) is 0 Å². The molecule has 0 amide bonds. The summed E-state index contributed by atoms with van der Waals surface area (Å²) in [6, 6.07) is 6.16. The van der Waals surface area contributed by atoms with E-state index in [2.05, 4.69) is 10.3 Å². The van der Waals surface area contributed by atoms with Crippen molar-refractivity contribution in [2.75, 3.05) is 11.1 Å². The minimum atomic E-state index is -0.614. The minimum absolute atomic E-state index is 0.0425. The topological polar surface area (TPSA) is 94.1 Å². The molecule has 6 nitrogen and oxygen atoms in total. The van der Waals surface area contributed by atoms with Crippen LogP contribution in [0.3, 0.4) is 0 Å². The molecule has 2 rings (SSSR count). The quantitative estimate of drug-likeness (QED) is 0.666. The highest BCUT2D eigenvalue weighted by molar-refractivity contribution is 6.30. The van der Waals surface area contributed by atoms with Gasteiger partial charge < -0.3 is 11.1 Å². The number of nitrogen functional groups attached to an aromatic ring is 1. The van der Waals surface area contributed by atoms with Crippen molar-refractivity contribution in [3.63, 3.8) is 0 Å². The third-order valence-electron chi connectivity index (χ3n) is 2.23. The Morgan fingerprint density at radius 2 is 2.11 bits per heavy atom. The van der Waals surface area contributed by atoms with E-state index in [4.69, 9.17) is 17.3 Å². The Bertz CT molecular complexity index is 651. The summed E-state index contributed by atoms with van der Waals surface area (Å²) < 4.78 is 13.5. The molecule has 1 aromatic carbocycles. The number of nitro groups is 1. The highest BCUT2D eigenvalue weighted by atomic mass is 35.5. The second-order valence-electron chi connectivity index (χ2n) is 3.64. The summed E-state index contributed by atoms with van der Waals surface area (Å²) in [5, 5.41) is 13.6. The van der Waals surface area contributed by atoms with Crippen LogP contribution in [0.15, 0.2) is 30.3 Å². The molecule has 0 saturated heterocycles. The van der Waals surface area contributed by atoms with Crippen LogP contribution in [0.1, 0.15) is 0 Å². The summed E-state index contributed by atoms with van der Waals surface area (Å²) in [5.74, 6) is -0.539. The second-order valence-corrected chi connectivity index (χ2v) is 4.08. The van der Waals surface area contributed by atoms with E-state index in [0.29, 0.717) is 5.02 Å². The van der Waals surface area contributed by atoms with Crippen LogP contribution in [0.25, 0.3) is 0 Å². The molecule has 0 aliphatic heterocycles. The van der Waals surface area contributed by atoms with Crippen LogP contribution in [0.4, 0.5) is 27.4 Å². The average Bonchev–Trinajstić information content (AvgIpc) is 2.33. The van der Waals surface area contributed by atoms with Crippen LogP contribution in [0.5, 0.6) is 0 Å². The molecule has 0 bridgehead atoms. The molecule has 1 heterocycles. The van der Waals surface area contributed by atoms with Crippen molar-refractivity contribution in [3.05, 3.63) is 51.3 Å². The Morgan fingerprint density at radius 3 is 2.79 bits per heavy atom. The molecule has 0 saturated carbocycles. The number of rotatable bonds is 3. The highest BCUT2D eigenvalue weighted by Gasteiger charge is 2.11. The Morgan fingerprint density at radius 1 is 1.37 bits per heavy atom. The lowest BCUT2D eigenvalue weighted by molar-refractivity contribution is -0.384. The molecule has 2 aromatic rings. The van der Waals surface area contributed by atoms with E-state index in [1.165, 1.54) is 18.2 Å². The van der Waals surface area contributed by atoms with Gasteiger partial charge in [0.15, 0.2) is 0 Å². The monoisotopic (exact) mass is 282 g/mol. The number of nitrogens with two attached hydrogens (primary N) is 1. The zero-order valence-corrected chi connectivity index (χ0v) is 10.2. The second kappa shape index (κ2) is 5.07. The van der Waals surface area contributed by atoms with Crippen LogP contribution in [0, 0.1) is 15.9 Å². The first-order valence-corrected chi connectivity index (χ1v) is 5.47. The third-order valence-corrected chi connectivity index (χ3v) is 2.47. The van der Waals surface area contributed by atoms with Gasteiger partial charge in [-0.3, -0.25) is 10.1 Å². The van der Waals surface area contributed by atoms with Gasteiger partial charge in [-0.1, -0.05) is 11.6 Å². The van der Waals surface area contributed by atoms with Gasteiger partial charge in [0.2, 0.25) is 0 Å². The molecule has 0 aliphatic carbocycles. The number of anilines is 3. The van der Waals surface area contributed by atoms with Crippen LogP contribution >= 0.6 is 11.6 Å².